The maximum Gasteiger partial charge on any atom is 0.246 e. The van der Waals surface area contributed by atoms with Crippen molar-refractivity contribution in [2.24, 2.45) is 0 Å². The number of amides is 1. The van der Waals surface area contributed by atoms with E-state index in [1.807, 2.05) is 4.68 Å². The number of hydrogen-bond acceptors (Lipinski definition) is 6. The highest BCUT2D eigenvalue weighted by molar-refractivity contribution is 7.89. The van der Waals surface area contributed by atoms with Crippen molar-refractivity contribution in [1.29, 1.82) is 0 Å². The van der Waals surface area contributed by atoms with Crippen LogP contribution in [0, 0.1) is 0 Å². The van der Waals surface area contributed by atoms with Crippen molar-refractivity contribution in [3.05, 3.63) is 72.7 Å². The van der Waals surface area contributed by atoms with E-state index >= 15 is 0 Å². The van der Waals surface area contributed by atoms with Gasteiger partial charge in [-0.2, -0.15) is 5.10 Å². The van der Waals surface area contributed by atoms with Crippen LogP contribution in [-0.2, 0) is 21.4 Å². The first-order valence-electron chi connectivity index (χ1n) is 9.94. The van der Waals surface area contributed by atoms with Gasteiger partial charge in [-0.15, -0.1) is 0 Å². The molecule has 0 bridgehead atoms. The minimum Gasteiger partial charge on any atom is -0.468 e. The number of rotatable bonds is 7. The molecule has 162 valence electrons. The summed E-state index contributed by atoms with van der Waals surface area (Å²) in [6, 6.07) is 10.0. The fourth-order valence-corrected chi connectivity index (χ4v) is 4.44. The normalized spacial score (nSPS) is 15.5. The van der Waals surface area contributed by atoms with E-state index in [4.69, 9.17) is 4.42 Å². The van der Waals surface area contributed by atoms with E-state index in [0.717, 1.165) is 18.4 Å². The van der Waals surface area contributed by atoms with Crippen LogP contribution >= 0.6 is 0 Å². The molecule has 4 rings (SSSR count). The number of likely N-dealkylation sites (tertiary alicyclic amines) is 1. The highest BCUT2D eigenvalue weighted by Crippen LogP contribution is 2.21. The zero-order valence-electron chi connectivity index (χ0n) is 16.8. The Kier molecular flexibility index (Phi) is 6.28. The van der Waals surface area contributed by atoms with E-state index in [1.165, 1.54) is 30.8 Å². The third-order valence-electron chi connectivity index (χ3n) is 5.21. The standard InChI is InChI=1S/C21H23N5O4S/c27-21(25-11-9-18(10-12-25)26-16-22-15-23-26)8-5-17-3-6-20(7-4-17)31(28,29)24-14-19-2-1-13-30-19/h1-8,13,15-16,18,24H,9-12,14H2/b8-5+. The Bertz CT molecular complexity index is 1120. The number of nitrogens with one attached hydrogen (secondary N) is 1. The molecule has 0 unspecified atom stereocenters. The summed E-state index contributed by atoms with van der Waals surface area (Å²) in [5, 5.41) is 4.17. The summed E-state index contributed by atoms with van der Waals surface area (Å²) in [7, 11) is -3.65. The summed E-state index contributed by atoms with van der Waals surface area (Å²) in [5.74, 6) is 0.473. The van der Waals surface area contributed by atoms with Gasteiger partial charge >= 0.3 is 0 Å². The third kappa shape index (κ3) is 5.28. The summed E-state index contributed by atoms with van der Waals surface area (Å²) >= 11 is 0. The molecule has 31 heavy (non-hydrogen) atoms. The van der Waals surface area contributed by atoms with Crippen LogP contribution in [0.25, 0.3) is 6.08 Å². The molecule has 2 aromatic heterocycles. The topological polar surface area (TPSA) is 110 Å². The molecular formula is C21H23N5O4S. The number of carbonyl (C=O) groups is 1. The van der Waals surface area contributed by atoms with Gasteiger partial charge in [0.1, 0.15) is 18.4 Å². The summed E-state index contributed by atoms with van der Waals surface area (Å²) in [4.78, 5) is 18.4. The number of carbonyl (C=O) groups excluding carboxylic acids is 1. The van der Waals surface area contributed by atoms with Gasteiger partial charge in [0.05, 0.1) is 23.7 Å². The Balaban J connectivity index is 1.30. The highest BCUT2D eigenvalue weighted by atomic mass is 32.2. The number of furan rings is 1. The van der Waals surface area contributed by atoms with Crippen LogP contribution in [0.4, 0.5) is 0 Å². The third-order valence-corrected chi connectivity index (χ3v) is 6.63. The second-order valence-electron chi connectivity index (χ2n) is 7.24. The van der Waals surface area contributed by atoms with Gasteiger partial charge in [-0.3, -0.25) is 4.79 Å². The molecule has 1 aromatic carbocycles. The Labute approximate surface area is 180 Å². The van der Waals surface area contributed by atoms with Gasteiger partial charge in [0.25, 0.3) is 0 Å². The summed E-state index contributed by atoms with van der Waals surface area (Å²) in [6.45, 7) is 1.40. The Morgan fingerprint density at radius 1 is 1.19 bits per heavy atom. The Morgan fingerprint density at radius 2 is 1.97 bits per heavy atom. The Hall–Kier alpha value is -3.24. The van der Waals surface area contributed by atoms with Crippen molar-refractivity contribution in [1.82, 2.24) is 24.4 Å². The maximum atomic E-state index is 12.5. The van der Waals surface area contributed by atoms with Gasteiger partial charge in [0, 0.05) is 19.2 Å². The van der Waals surface area contributed by atoms with E-state index < -0.39 is 10.0 Å². The number of hydrogen-bond donors (Lipinski definition) is 1. The second-order valence-corrected chi connectivity index (χ2v) is 9.01. The molecule has 0 atom stereocenters. The van der Waals surface area contributed by atoms with E-state index in [2.05, 4.69) is 14.8 Å². The van der Waals surface area contributed by atoms with E-state index in [9.17, 15) is 13.2 Å². The maximum absolute atomic E-state index is 12.5. The molecule has 0 spiro atoms. The lowest BCUT2D eigenvalue weighted by Crippen LogP contribution is -2.38. The smallest absolute Gasteiger partial charge is 0.246 e. The predicted molar refractivity (Wildman–Crippen MR) is 113 cm³/mol. The van der Waals surface area contributed by atoms with Crippen LogP contribution in [0.3, 0.4) is 0 Å². The molecule has 1 saturated heterocycles. The number of nitrogens with zero attached hydrogens (tertiary/aromatic N) is 4. The van der Waals surface area contributed by atoms with Crippen LogP contribution in [0.1, 0.15) is 30.2 Å². The minimum atomic E-state index is -3.65. The van der Waals surface area contributed by atoms with Crippen molar-refractivity contribution in [2.75, 3.05) is 13.1 Å². The molecule has 1 amide bonds. The number of aromatic nitrogens is 3. The molecule has 10 heteroatoms. The van der Waals surface area contributed by atoms with Crippen LogP contribution in [-0.4, -0.2) is 47.1 Å². The molecule has 1 aliphatic rings. The molecule has 9 nitrogen and oxygen atoms in total. The van der Waals surface area contributed by atoms with E-state index in [0.29, 0.717) is 18.8 Å². The average molecular weight is 442 g/mol. The first kappa shape index (κ1) is 21.0. The molecule has 1 aliphatic heterocycles. The second kappa shape index (κ2) is 9.27. The molecule has 0 aliphatic carbocycles. The van der Waals surface area contributed by atoms with Gasteiger partial charge in [-0.1, -0.05) is 12.1 Å². The van der Waals surface area contributed by atoms with Crippen LogP contribution < -0.4 is 4.72 Å². The first-order valence-corrected chi connectivity index (χ1v) is 11.4. The average Bonchev–Trinajstić information content (AvgIpc) is 3.51. The fourth-order valence-electron chi connectivity index (χ4n) is 3.45. The van der Waals surface area contributed by atoms with Crippen molar-refractivity contribution in [3.63, 3.8) is 0 Å². The minimum absolute atomic E-state index is 0.0612. The zero-order chi connectivity index (χ0) is 21.7. The lowest BCUT2D eigenvalue weighted by atomic mass is 10.1. The van der Waals surface area contributed by atoms with Gasteiger partial charge in [-0.25, -0.2) is 22.8 Å². The zero-order valence-corrected chi connectivity index (χ0v) is 17.6. The van der Waals surface area contributed by atoms with Gasteiger partial charge in [0.2, 0.25) is 15.9 Å². The molecule has 0 saturated carbocycles. The van der Waals surface area contributed by atoms with Gasteiger partial charge < -0.3 is 9.32 Å². The highest BCUT2D eigenvalue weighted by Gasteiger charge is 2.23. The quantitative estimate of drug-likeness (QED) is 0.563. The molecular weight excluding hydrogens is 418 g/mol. The van der Waals surface area contributed by atoms with Crippen LogP contribution in [0.2, 0.25) is 0 Å². The summed E-state index contributed by atoms with van der Waals surface area (Å²) in [5.41, 5.74) is 0.746. The monoisotopic (exact) mass is 441 g/mol. The predicted octanol–water partition coefficient (Wildman–Crippen LogP) is 2.23. The largest absolute Gasteiger partial charge is 0.468 e. The fraction of sp³-hybridized carbons (Fsp3) is 0.286. The van der Waals surface area contributed by atoms with E-state index in [1.54, 1.807) is 41.6 Å². The molecule has 0 radical (unpaired) electrons. The number of piperidine rings is 1. The van der Waals surface area contributed by atoms with E-state index in [-0.39, 0.29) is 23.4 Å². The van der Waals surface area contributed by atoms with Crippen molar-refractivity contribution >= 4 is 22.0 Å². The lowest BCUT2D eigenvalue weighted by molar-refractivity contribution is -0.127. The van der Waals surface area contributed by atoms with Crippen LogP contribution in [0.5, 0.6) is 0 Å². The molecule has 1 fully saturated rings. The van der Waals surface area contributed by atoms with Gasteiger partial charge in [0.15, 0.2) is 0 Å². The number of sulfonamides is 1. The molecule has 3 aromatic rings. The number of benzene rings is 1. The molecule has 1 N–H and O–H groups in total. The van der Waals surface area contributed by atoms with Crippen molar-refractivity contribution in [2.45, 2.75) is 30.3 Å². The summed E-state index contributed by atoms with van der Waals surface area (Å²) < 4.78 is 34.2. The lowest BCUT2D eigenvalue weighted by Gasteiger charge is -2.31. The first-order chi connectivity index (χ1) is 15.0. The van der Waals surface area contributed by atoms with Crippen molar-refractivity contribution < 1.29 is 17.6 Å². The van der Waals surface area contributed by atoms with Gasteiger partial charge in [-0.05, 0) is 48.7 Å². The van der Waals surface area contributed by atoms with Crippen LogP contribution in [0.15, 0.2) is 70.7 Å². The summed E-state index contributed by atoms with van der Waals surface area (Å²) in [6.07, 6.45) is 9.60. The Morgan fingerprint density at radius 3 is 2.61 bits per heavy atom. The molecule has 3 heterocycles. The van der Waals surface area contributed by atoms with Crippen molar-refractivity contribution in [3.8, 4) is 0 Å². The SMILES string of the molecule is O=C(/C=C/c1ccc(S(=O)(=O)NCc2ccco2)cc1)N1CCC(n2cncn2)CC1.